The Hall–Kier alpha value is -0.410. The van der Waals surface area contributed by atoms with Crippen molar-refractivity contribution >= 4 is 5.78 Å². The number of carbonyl (C=O) groups excluding carboxylic acids is 1. The van der Waals surface area contributed by atoms with Gasteiger partial charge in [0, 0.05) is 26.1 Å². The average Bonchev–Trinajstić information content (AvgIpc) is 2.52. The van der Waals surface area contributed by atoms with Gasteiger partial charge in [-0.3, -0.25) is 9.69 Å². The van der Waals surface area contributed by atoms with E-state index in [1.165, 1.54) is 6.42 Å². The van der Waals surface area contributed by atoms with Gasteiger partial charge in [-0.1, -0.05) is 0 Å². The molecule has 14 heavy (non-hydrogen) atoms. The van der Waals surface area contributed by atoms with Crippen LogP contribution in [0.5, 0.6) is 0 Å². The fourth-order valence-electron chi connectivity index (χ4n) is 2.10. The van der Waals surface area contributed by atoms with E-state index in [1.54, 1.807) is 14.0 Å². The number of ketones is 1. The molecule has 3 heteroatoms. The molecular weight excluding hydrogens is 178 g/mol. The molecule has 1 aliphatic heterocycles. The lowest BCUT2D eigenvalue weighted by Crippen LogP contribution is -2.36. The van der Waals surface area contributed by atoms with Crippen molar-refractivity contribution in [2.75, 3.05) is 20.2 Å². The highest BCUT2D eigenvalue weighted by Crippen LogP contribution is 2.20. The maximum atomic E-state index is 11.0. The van der Waals surface area contributed by atoms with Crippen molar-refractivity contribution in [3.8, 4) is 0 Å². The standard InChI is InChI=1S/C11H21NO2/c1-9(13)7-11-5-4-6-12(11)8-10(2)14-3/h10-11H,4-8H2,1-3H3. The van der Waals surface area contributed by atoms with Gasteiger partial charge in [0.1, 0.15) is 5.78 Å². The first kappa shape index (κ1) is 11.7. The minimum absolute atomic E-state index is 0.266. The molecule has 2 atom stereocenters. The van der Waals surface area contributed by atoms with Crippen LogP contribution in [-0.2, 0) is 9.53 Å². The maximum absolute atomic E-state index is 11.0. The fraction of sp³-hybridized carbons (Fsp3) is 0.909. The topological polar surface area (TPSA) is 29.5 Å². The lowest BCUT2D eigenvalue weighted by atomic mass is 10.1. The van der Waals surface area contributed by atoms with Gasteiger partial charge in [0.2, 0.25) is 0 Å². The molecule has 0 bridgehead atoms. The zero-order chi connectivity index (χ0) is 10.6. The highest BCUT2D eigenvalue weighted by molar-refractivity contribution is 5.76. The van der Waals surface area contributed by atoms with Gasteiger partial charge >= 0.3 is 0 Å². The Kier molecular flexibility index (Phi) is 4.55. The van der Waals surface area contributed by atoms with Crippen LogP contribution in [-0.4, -0.2) is 43.0 Å². The molecule has 2 unspecified atom stereocenters. The summed E-state index contributed by atoms with van der Waals surface area (Å²) in [6.45, 7) is 5.82. The van der Waals surface area contributed by atoms with E-state index in [0.717, 1.165) is 19.5 Å². The van der Waals surface area contributed by atoms with Crippen molar-refractivity contribution in [3.63, 3.8) is 0 Å². The minimum atomic E-state index is 0.266. The van der Waals surface area contributed by atoms with Gasteiger partial charge in [0.05, 0.1) is 6.10 Å². The van der Waals surface area contributed by atoms with E-state index in [4.69, 9.17) is 4.74 Å². The monoisotopic (exact) mass is 199 g/mol. The van der Waals surface area contributed by atoms with E-state index in [-0.39, 0.29) is 6.10 Å². The predicted molar refractivity (Wildman–Crippen MR) is 56.4 cm³/mol. The molecule has 82 valence electrons. The number of ether oxygens (including phenoxy) is 1. The number of hydrogen-bond donors (Lipinski definition) is 0. The quantitative estimate of drug-likeness (QED) is 0.671. The molecule has 0 radical (unpaired) electrons. The minimum Gasteiger partial charge on any atom is -0.380 e. The summed E-state index contributed by atoms with van der Waals surface area (Å²) in [6, 6.07) is 0.463. The number of carbonyl (C=O) groups is 1. The lowest BCUT2D eigenvalue weighted by Gasteiger charge is -2.26. The SMILES string of the molecule is COC(C)CN1CCCC1CC(C)=O. The van der Waals surface area contributed by atoms with Crippen molar-refractivity contribution in [1.82, 2.24) is 4.90 Å². The van der Waals surface area contributed by atoms with Gasteiger partial charge < -0.3 is 4.74 Å². The average molecular weight is 199 g/mol. The van der Waals surface area contributed by atoms with Crippen molar-refractivity contribution in [2.24, 2.45) is 0 Å². The van der Waals surface area contributed by atoms with E-state index < -0.39 is 0 Å². The van der Waals surface area contributed by atoms with Gasteiger partial charge in [-0.05, 0) is 33.2 Å². The summed E-state index contributed by atoms with van der Waals surface area (Å²) in [5.41, 5.74) is 0. The molecule has 0 N–H and O–H groups in total. The van der Waals surface area contributed by atoms with E-state index in [0.29, 0.717) is 18.2 Å². The van der Waals surface area contributed by atoms with Gasteiger partial charge in [0.25, 0.3) is 0 Å². The third kappa shape index (κ3) is 3.39. The van der Waals surface area contributed by atoms with Gasteiger partial charge in [0.15, 0.2) is 0 Å². The van der Waals surface area contributed by atoms with Crippen LogP contribution < -0.4 is 0 Å². The summed E-state index contributed by atoms with van der Waals surface area (Å²) in [6.07, 6.45) is 3.35. The molecule has 1 fully saturated rings. The zero-order valence-corrected chi connectivity index (χ0v) is 9.45. The molecule has 3 nitrogen and oxygen atoms in total. The number of hydrogen-bond acceptors (Lipinski definition) is 3. The molecule has 0 aromatic carbocycles. The summed E-state index contributed by atoms with van der Waals surface area (Å²) < 4.78 is 5.24. The predicted octanol–water partition coefficient (Wildman–Crippen LogP) is 1.46. The molecule has 0 saturated carbocycles. The number of likely N-dealkylation sites (tertiary alicyclic amines) is 1. The molecule has 0 amide bonds. The first-order valence-electron chi connectivity index (χ1n) is 5.39. The zero-order valence-electron chi connectivity index (χ0n) is 9.45. The third-order valence-corrected chi connectivity index (χ3v) is 2.92. The molecular formula is C11H21NO2. The summed E-state index contributed by atoms with van der Waals surface area (Å²) in [4.78, 5) is 13.4. The van der Waals surface area contributed by atoms with Crippen LogP contribution in [0.4, 0.5) is 0 Å². The first-order chi connectivity index (χ1) is 6.63. The largest absolute Gasteiger partial charge is 0.380 e. The van der Waals surface area contributed by atoms with Gasteiger partial charge in [-0.15, -0.1) is 0 Å². The Morgan fingerprint density at radius 2 is 2.36 bits per heavy atom. The van der Waals surface area contributed by atoms with Crippen molar-refractivity contribution in [2.45, 2.75) is 45.3 Å². The third-order valence-electron chi connectivity index (χ3n) is 2.92. The normalized spacial score (nSPS) is 25.2. The second-order valence-corrected chi connectivity index (χ2v) is 4.24. The summed E-state index contributed by atoms with van der Waals surface area (Å²) in [5.74, 6) is 0.298. The highest BCUT2D eigenvalue weighted by Gasteiger charge is 2.26. The van der Waals surface area contributed by atoms with E-state index >= 15 is 0 Å². The van der Waals surface area contributed by atoms with Crippen LogP contribution >= 0.6 is 0 Å². The second-order valence-electron chi connectivity index (χ2n) is 4.24. The summed E-state index contributed by atoms with van der Waals surface area (Å²) >= 11 is 0. The molecule has 1 saturated heterocycles. The maximum Gasteiger partial charge on any atom is 0.131 e. The van der Waals surface area contributed by atoms with E-state index in [2.05, 4.69) is 11.8 Å². The number of methoxy groups -OCH3 is 1. The number of Topliss-reactive ketones (excluding diaryl/α,β-unsaturated/α-hetero) is 1. The Morgan fingerprint density at radius 1 is 1.64 bits per heavy atom. The molecule has 0 aromatic rings. The Bertz CT molecular complexity index is 194. The van der Waals surface area contributed by atoms with Gasteiger partial charge in [-0.2, -0.15) is 0 Å². The van der Waals surface area contributed by atoms with Gasteiger partial charge in [-0.25, -0.2) is 0 Å². The second kappa shape index (κ2) is 5.47. The molecule has 0 aromatic heterocycles. The van der Waals surface area contributed by atoms with Crippen molar-refractivity contribution < 1.29 is 9.53 Å². The Balaban J connectivity index is 2.38. The van der Waals surface area contributed by atoms with Crippen LogP contribution in [0.25, 0.3) is 0 Å². The molecule has 1 aliphatic rings. The number of nitrogens with zero attached hydrogens (tertiary/aromatic N) is 1. The van der Waals surface area contributed by atoms with Crippen LogP contribution in [0, 0.1) is 0 Å². The molecule has 1 heterocycles. The van der Waals surface area contributed by atoms with Crippen molar-refractivity contribution in [1.29, 1.82) is 0 Å². The molecule has 0 spiro atoms. The lowest BCUT2D eigenvalue weighted by molar-refractivity contribution is -0.118. The van der Waals surface area contributed by atoms with Crippen LogP contribution in [0.3, 0.4) is 0 Å². The Labute approximate surface area is 86.4 Å². The van der Waals surface area contributed by atoms with E-state index in [1.807, 2.05) is 0 Å². The smallest absolute Gasteiger partial charge is 0.131 e. The summed E-state index contributed by atoms with van der Waals surface area (Å²) in [5, 5.41) is 0. The van der Waals surface area contributed by atoms with Crippen LogP contribution in [0.2, 0.25) is 0 Å². The summed E-state index contributed by atoms with van der Waals surface area (Å²) in [7, 11) is 1.74. The van der Waals surface area contributed by atoms with E-state index in [9.17, 15) is 4.79 Å². The Morgan fingerprint density at radius 3 is 2.93 bits per heavy atom. The number of rotatable bonds is 5. The van der Waals surface area contributed by atoms with Crippen molar-refractivity contribution in [3.05, 3.63) is 0 Å². The van der Waals surface area contributed by atoms with Crippen LogP contribution in [0.15, 0.2) is 0 Å². The molecule has 0 aliphatic carbocycles. The van der Waals surface area contributed by atoms with Crippen LogP contribution in [0.1, 0.15) is 33.1 Å². The fourth-order valence-corrected chi connectivity index (χ4v) is 2.10. The first-order valence-corrected chi connectivity index (χ1v) is 5.39. The molecule has 1 rings (SSSR count). The highest BCUT2D eigenvalue weighted by atomic mass is 16.5.